The molecule has 106 valence electrons. The van der Waals surface area contributed by atoms with Crippen LogP contribution in [0, 0.1) is 10.1 Å². The Morgan fingerprint density at radius 2 is 2.16 bits per heavy atom. The number of aromatic nitrogens is 2. The molecule has 0 aromatic carbocycles. The highest BCUT2D eigenvalue weighted by atomic mass is 19.4. The lowest BCUT2D eigenvalue weighted by Crippen LogP contribution is -2.25. The summed E-state index contributed by atoms with van der Waals surface area (Å²) in [6.45, 7) is -0.426. The Morgan fingerprint density at radius 3 is 2.63 bits per heavy atom. The maximum absolute atomic E-state index is 12.1. The third-order valence-electron chi connectivity index (χ3n) is 2.26. The molecule has 1 aromatic rings. The van der Waals surface area contributed by atoms with Crippen molar-refractivity contribution in [2.45, 2.75) is 12.6 Å². The van der Waals surface area contributed by atoms with Crippen molar-refractivity contribution >= 4 is 17.5 Å². The first kappa shape index (κ1) is 14.9. The average molecular weight is 279 g/mol. The van der Waals surface area contributed by atoms with Gasteiger partial charge in [0.1, 0.15) is 6.20 Å². The number of nitro groups is 1. The van der Waals surface area contributed by atoms with Crippen molar-refractivity contribution in [3.8, 4) is 0 Å². The van der Waals surface area contributed by atoms with Gasteiger partial charge in [-0.1, -0.05) is 0 Å². The van der Waals surface area contributed by atoms with Crippen LogP contribution in [0.5, 0.6) is 0 Å². The predicted octanol–water partition coefficient (Wildman–Crippen LogP) is 1.82. The van der Waals surface area contributed by atoms with E-state index in [1.54, 1.807) is 0 Å². The number of alkyl halides is 3. The van der Waals surface area contributed by atoms with Gasteiger partial charge >= 0.3 is 11.9 Å². The minimum atomic E-state index is -4.33. The topological polar surface area (TPSA) is 84.2 Å². The predicted molar refractivity (Wildman–Crippen MR) is 62.2 cm³/mol. The molecule has 0 aliphatic rings. The lowest BCUT2D eigenvalue weighted by atomic mass is 10.3. The highest BCUT2D eigenvalue weighted by Gasteiger charge is 2.29. The monoisotopic (exact) mass is 279 g/mol. The molecule has 0 aliphatic heterocycles. The third kappa shape index (κ3) is 4.23. The average Bonchev–Trinajstić information content (AvgIpc) is 2.34. The molecule has 0 amide bonds. The van der Waals surface area contributed by atoms with Gasteiger partial charge in [0.15, 0.2) is 0 Å². The molecule has 1 N–H and O–H groups in total. The molecule has 0 saturated carbocycles. The van der Waals surface area contributed by atoms with E-state index in [1.807, 2.05) is 0 Å². The van der Waals surface area contributed by atoms with Gasteiger partial charge in [0.05, 0.1) is 11.3 Å². The minimum Gasteiger partial charge on any atom is -0.357 e. The molecule has 10 heteroatoms. The maximum atomic E-state index is 12.1. The summed E-state index contributed by atoms with van der Waals surface area (Å²) in [5.74, 6) is -0.0620. The molecule has 0 spiro atoms. The highest BCUT2D eigenvalue weighted by Crippen LogP contribution is 2.27. The van der Waals surface area contributed by atoms with Gasteiger partial charge in [0.2, 0.25) is 11.8 Å². The van der Waals surface area contributed by atoms with E-state index >= 15 is 0 Å². The molecule has 0 aliphatic carbocycles. The summed E-state index contributed by atoms with van der Waals surface area (Å²) in [4.78, 5) is 18.6. The van der Waals surface area contributed by atoms with Gasteiger partial charge in [0.25, 0.3) is 0 Å². The largest absolute Gasteiger partial charge is 0.390 e. The summed E-state index contributed by atoms with van der Waals surface area (Å²) in [6, 6.07) is 0. The van der Waals surface area contributed by atoms with E-state index < -0.39 is 29.8 Å². The zero-order valence-electron chi connectivity index (χ0n) is 10.2. The number of nitrogens with one attached hydrogen (secondary N) is 1. The van der Waals surface area contributed by atoms with Crippen molar-refractivity contribution in [1.29, 1.82) is 0 Å². The molecular formula is C9H12F3N5O2. The van der Waals surface area contributed by atoms with Crippen LogP contribution >= 0.6 is 0 Å². The molecule has 0 unspecified atom stereocenters. The molecule has 0 fully saturated rings. The third-order valence-corrected chi connectivity index (χ3v) is 2.26. The lowest BCUT2D eigenvalue weighted by Gasteiger charge is -2.19. The van der Waals surface area contributed by atoms with E-state index in [-0.39, 0.29) is 11.8 Å². The molecular weight excluding hydrogens is 267 g/mol. The fraction of sp³-hybridized carbons (Fsp3) is 0.556. The van der Waals surface area contributed by atoms with Gasteiger partial charge in [0, 0.05) is 20.6 Å². The van der Waals surface area contributed by atoms with Crippen molar-refractivity contribution < 1.29 is 18.1 Å². The minimum absolute atomic E-state index is 0.0967. The first-order chi connectivity index (χ1) is 8.74. The van der Waals surface area contributed by atoms with Crippen molar-refractivity contribution in [2.75, 3.05) is 30.9 Å². The number of halogens is 3. The van der Waals surface area contributed by atoms with Crippen LogP contribution in [0.25, 0.3) is 0 Å². The number of hydrogen-bond donors (Lipinski definition) is 1. The molecule has 7 nitrogen and oxygen atoms in total. The van der Waals surface area contributed by atoms with Gasteiger partial charge in [-0.3, -0.25) is 10.1 Å². The standard InChI is InChI=1S/C9H12F3N5O2/c1-13-8-14-5-6(17(18)19)7(15-8)16(2)4-3-9(10,11)12/h5H,3-4H2,1-2H3,(H,13,14,15). The zero-order valence-corrected chi connectivity index (χ0v) is 10.2. The van der Waals surface area contributed by atoms with E-state index in [0.29, 0.717) is 0 Å². The first-order valence-electron chi connectivity index (χ1n) is 5.21. The van der Waals surface area contributed by atoms with Crippen LogP contribution in [0.3, 0.4) is 0 Å². The van der Waals surface area contributed by atoms with Gasteiger partial charge in [-0.25, -0.2) is 4.98 Å². The van der Waals surface area contributed by atoms with Crippen molar-refractivity contribution in [3.63, 3.8) is 0 Å². The van der Waals surface area contributed by atoms with Crippen molar-refractivity contribution in [2.24, 2.45) is 0 Å². The summed E-state index contributed by atoms with van der Waals surface area (Å²) in [5.41, 5.74) is -0.441. The van der Waals surface area contributed by atoms with E-state index in [9.17, 15) is 23.3 Å². The second-order valence-electron chi connectivity index (χ2n) is 3.70. The second kappa shape index (κ2) is 5.67. The summed E-state index contributed by atoms with van der Waals surface area (Å²) < 4.78 is 36.4. The van der Waals surface area contributed by atoms with Crippen LogP contribution in [-0.2, 0) is 0 Å². The van der Waals surface area contributed by atoms with Crippen LogP contribution < -0.4 is 10.2 Å². The molecule has 19 heavy (non-hydrogen) atoms. The Labute approximate surface area is 106 Å². The Morgan fingerprint density at radius 1 is 1.53 bits per heavy atom. The van der Waals surface area contributed by atoms with E-state index in [1.165, 1.54) is 14.1 Å². The highest BCUT2D eigenvalue weighted by molar-refractivity contribution is 5.58. The number of rotatable bonds is 5. The van der Waals surface area contributed by atoms with Crippen LogP contribution in [0.4, 0.5) is 30.6 Å². The Balaban J connectivity index is 2.98. The zero-order chi connectivity index (χ0) is 14.6. The molecule has 0 bridgehead atoms. The van der Waals surface area contributed by atoms with Gasteiger partial charge in [-0.05, 0) is 0 Å². The molecule has 0 radical (unpaired) electrons. The van der Waals surface area contributed by atoms with Crippen molar-refractivity contribution in [3.05, 3.63) is 16.3 Å². The summed E-state index contributed by atoms with van der Waals surface area (Å²) in [7, 11) is 2.81. The Kier molecular flexibility index (Phi) is 4.46. The van der Waals surface area contributed by atoms with Gasteiger partial charge < -0.3 is 10.2 Å². The number of hydrogen-bond acceptors (Lipinski definition) is 6. The SMILES string of the molecule is CNc1ncc([N+](=O)[O-])c(N(C)CCC(F)(F)F)n1. The Hall–Kier alpha value is -2.13. The first-order valence-corrected chi connectivity index (χ1v) is 5.21. The molecule has 0 atom stereocenters. The van der Waals surface area contributed by atoms with Crippen LogP contribution in [-0.4, -0.2) is 41.7 Å². The smallest absolute Gasteiger partial charge is 0.357 e. The van der Waals surface area contributed by atoms with E-state index in [2.05, 4.69) is 15.3 Å². The normalized spacial score (nSPS) is 11.2. The fourth-order valence-corrected chi connectivity index (χ4v) is 1.30. The van der Waals surface area contributed by atoms with Gasteiger partial charge in [-0.15, -0.1) is 0 Å². The summed E-state index contributed by atoms with van der Waals surface area (Å²) >= 11 is 0. The van der Waals surface area contributed by atoms with Crippen LogP contribution in [0.15, 0.2) is 6.20 Å². The molecule has 1 heterocycles. The van der Waals surface area contributed by atoms with E-state index in [4.69, 9.17) is 0 Å². The number of nitrogens with zero attached hydrogens (tertiary/aromatic N) is 4. The quantitative estimate of drug-likeness (QED) is 0.653. The van der Waals surface area contributed by atoms with Gasteiger partial charge in [-0.2, -0.15) is 18.2 Å². The lowest BCUT2D eigenvalue weighted by molar-refractivity contribution is -0.384. The van der Waals surface area contributed by atoms with Crippen LogP contribution in [0.1, 0.15) is 6.42 Å². The van der Waals surface area contributed by atoms with Crippen molar-refractivity contribution in [1.82, 2.24) is 9.97 Å². The Bertz CT molecular complexity index is 466. The number of anilines is 2. The molecule has 1 rings (SSSR count). The molecule has 1 aromatic heterocycles. The maximum Gasteiger partial charge on any atom is 0.390 e. The fourth-order valence-electron chi connectivity index (χ4n) is 1.30. The summed E-state index contributed by atoms with van der Waals surface area (Å²) in [5, 5.41) is 13.4. The summed E-state index contributed by atoms with van der Waals surface area (Å²) in [6.07, 6.45) is -4.46. The second-order valence-corrected chi connectivity index (χ2v) is 3.70. The van der Waals surface area contributed by atoms with E-state index in [0.717, 1.165) is 11.1 Å². The molecule has 0 saturated heterocycles. The van der Waals surface area contributed by atoms with Crippen LogP contribution in [0.2, 0.25) is 0 Å².